The third-order valence-electron chi connectivity index (χ3n) is 10.0. The van der Waals surface area contributed by atoms with Gasteiger partial charge in [0.05, 0.1) is 11.4 Å². The average Bonchev–Trinajstić information content (AvgIpc) is 3.20. The lowest BCUT2D eigenvalue weighted by atomic mass is 9.91. The summed E-state index contributed by atoms with van der Waals surface area (Å²) in [6, 6.07) is 68.9. The van der Waals surface area contributed by atoms with E-state index in [2.05, 4.69) is 193 Å². The number of rotatable bonds is 4. The predicted octanol–water partition coefficient (Wildman–Crippen LogP) is 14.1. The molecule has 0 saturated heterocycles. The van der Waals surface area contributed by atoms with E-state index in [1.165, 1.54) is 86.9 Å². The van der Waals surface area contributed by atoms with Crippen LogP contribution in [0.3, 0.4) is 0 Å². The van der Waals surface area contributed by atoms with Crippen LogP contribution in [-0.4, -0.2) is 0 Å². The number of fused-ring (bicyclic) bond motifs is 8. The van der Waals surface area contributed by atoms with Gasteiger partial charge in [-0.1, -0.05) is 151 Å². The molecule has 0 N–H and O–H groups in total. The Morgan fingerprint density at radius 1 is 0.280 bits per heavy atom. The van der Waals surface area contributed by atoms with E-state index >= 15 is 0 Å². The van der Waals surface area contributed by atoms with Crippen LogP contribution in [0, 0.1) is 0 Å². The quantitative estimate of drug-likeness (QED) is 0.174. The summed E-state index contributed by atoms with van der Waals surface area (Å²) in [5, 5.41) is 7.73. The molecule has 0 bridgehead atoms. The average molecular weight is 654 g/mol. The highest BCUT2D eigenvalue weighted by molar-refractivity contribution is 7.99. The Balaban J connectivity index is 1.20. The first-order valence-electron chi connectivity index (χ1n) is 17.1. The van der Waals surface area contributed by atoms with E-state index in [0.717, 1.165) is 5.69 Å². The lowest BCUT2D eigenvalue weighted by molar-refractivity contribution is 1.17. The van der Waals surface area contributed by atoms with Crippen molar-refractivity contribution >= 4 is 61.1 Å². The van der Waals surface area contributed by atoms with Gasteiger partial charge < -0.3 is 4.90 Å². The monoisotopic (exact) mass is 653 g/mol. The first-order valence-corrected chi connectivity index (χ1v) is 17.9. The van der Waals surface area contributed by atoms with Crippen molar-refractivity contribution in [1.29, 1.82) is 0 Å². The van der Waals surface area contributed by atoms with Crippen molar-refractivity contribution in [3.05, 3.63) is 188 Å². The van der Waals surface area contributed by atoms with Gasteiger partial charge in [-0.15, -0.1) is 0 Å². The summed E-state index contributed by atoms with van der Waals surface area (Å²) >= 11 is 1.84. The van der Waals surface area contributed by atoms with Gasteiger partial charge >= 0.3 is 0 Å². The normalized spacial score (nSPS) is 12.3. The summed E-state index contributed by atoms with van der Waals surface area (Å²) in [6.45, 7) is 0. The van der Waals surface area contributed by atoms with Gasteiger partial charge in [0.25, 0.3) is 0 Å². The highest BCUT2D eigenvalue weighted by Gasteiger charge is 2.25. The van der Waals surface area contributed by atoms with Crippen LogP contribution in [0.5, 0.6) is 0 Å². The summed E-state index contributed by atoms with van der Waals surface area (Å²) in [5.41, 5.74) is 10.8. The van der Waals surface area contributed by atoms with Crippen molar-refractivity contribution in [3.8, 4) is 33.4 Å². The molecule has 0 spiro atoms. The molecule has 0 amide bonds. The molecule has 0 aliphatic carbocycles. The van der Waals surface area contributed by atoms with Crippen LogP contribution in [-0.2, 0) is 0 Å². The zero-order valence-corrected chi connectivity index (χ0v) is 28.1. The van der Waals surface area contributed by atoms with Crippen LogP contribution in [0.15, 0.2) is 198 Å². The molecule has 50 heavy (non-hydrogen) atoms. The fourth-order valence-electron chi connectivity index (χ4n) is 7.63. The summed E-state index contributed by atoms with van der Waals surface area (Å²) < 4.78 is 0. The van der Waals surface area contributed by atoms with Gasteiger partial charge in [-0.25, -0.2) is 0 Å². The second-order valence-electron chi connectivity index (χ2n) is 12.9. The van der Waals surface area contributed by atoms with Gasteiger partial charge in [0, 0.05) is 15.5 Å². The number of anilines is 3. The minimum Gasteiger partial charge on any atom is -0.308 e. The maximum Gasteiger partial charge on any atom is 0.0601 e. The van der Waals surface area contributed by atoms with E-state index in [-0.39, 0.29) is 0 Å². The maximum atomic E-state index is 2.44. The molecule has 1 nitrogen and oxygen atoms in total. The van der Waals surface area contributed by atoms with Crippen LogP contribution in [0.1, 0.15) is 0 Å². The molecule has 1 heterocycles. The van der Waals surface area contributed by atoms with Crippen molar-refractivity contribution in [1.82, 2.24) is 0 Å². The van der Waals surface area contributed by atoms with Gasteiger partial charge in [0.1, 0.15) is 0 Å². The van der Waals surface area contributed by atoms with Gasteiger partial charge in [-0.05, 0) is 114 Å². The number of hydrogen-bond donors (Lipinski definition) is 0. The second-order valence-corrected chi connectivity index (χ2v) is 14.0. The molecule has 2 heteroatoms. The Kier molecular flexibility index (Phi) is 6.82. The summed E-state index contributed by atoms with van der Waals surface area (Å²) in [4.78, 5) is 4.96. The Morgan fingerprint density at radius 2 is 0.700 bits per heavy atom. The molecule has 0 fully saturated rings. The molecule has 0 radical (unpaired) electrons. The fraction of sp³-hybridized carbons (Fsp3) is 0. The SMILES string of the molecule is c1ccc(-c2ccc(-c3cc(-c4ccc5c6ccccc6c6ccccc6c5c4)cc(N4c5ccccc5Sc5ccccc54)c3)cc2)cc1. The van der Waals surface area contributed by atoms with Gasteiger partial charge in [-0.3, -0.25) is 0 Å². The van der Waals surface area contributed by atoms with E-state index in [1.807, 2.05) is 11.8 Å². The molecule has 1 aliphatic rings. The van der Waals surface area contributed by atoms with Crippen molar-refractivity contribution in [2.45, 2.75) is 9.79 Å². The molecular formula is C48H31NS. The number of hydrogen-bond acceptors (Lipinski definition) is 2. The number of nitrogens with zero attached hydrogens (tertiary/aromatic N) is 1. The topological polar surface area (TPSA) is 3.24 Å². The van der Waals surface area contributed by atoms with Gasteiger partial charge in [0.2, 0.25) is 0 Å². The highest BCUT2D eigenvalue weighted by Crippen LogP contribution is 2.52. The smallest absolute Gasteiger partial charge is 0.0601 e. The minimum atomic E-state index is 1.15. The van der Waals surface area contributed by atoms with E-state index in [9.17, 15) is 0 Å². The van der Waals surface area contributed by atoms with Crippen LogP contribution < -0.4 is 4.90 Å². The van der Waals surface area contributed by atoms with Crippen molar-refractivity contribution in [2.75, 3.05) is 4.90 Å². The van der Waals surface area contributed by atoms with Crippen LogP contribution in [0.25, 0.3) is 65.7 Å². The Hall–Kier alpha value is -6.09. The maximum absolute atomic E-state index is 2.44. The molecular weight excluding hydrogens is 623 g/mol. The molecule has 0 saturated carbocycles. The molecule has 0 unspecified atom stereocenters. The minimum absolute atomic E-state index is 1.15. The molecule has 0 atom stereocenters. The van der Waals surface area contributed by atoms with Crippen molar-refractivity contribution in [3.63, 3.8) is 0 Å². The lowest BCUT2D eigenvalue weighted by Crippen LogP contribution is -2.14. The Morgan fingerprint density at radius 3 is 1.30 bits per heavy atom. The standard InChI is InChI=1S/C48H31NS/c1-2-12-32(13-3-1)33-22-24-34(25-23-33)36-28-37(30-38(29-36)49-45-18-8-10-20-47(45)50-48-21-11-9-19-46(48)49)35-26-27-43-41-16-5-4-14-39(41)40-15-6-7-17-42(40)44(43)31-35/h1-31H. The molecule has 234 valence electrons. The van der Waals surface area contributed by atoms with E-state index < -0.39 is 0 Å². The molecule has 10 rings (SSSR count). The van der Waals surface area contributed by atoms with E-state index in [0.29, 0.717) is 0 Å². The zero-order chi connectivity index (χ0) is 33.0. The predicted molar refractivity (Wildman–Crippen MR) is 214 cm³/mol. The molecule has 1 aliphatic heterocycles. The van der Waals surface area contributed by atoms with Crippen molar-refractivity contribution < 1.29 is 0 Å². The van der Waals surface area contributed by atoms with Crippen LogP contribution >= 0.6 is 11.8 Å². The molecule has 9 aromatic rings. The number of benzene rings is 9. The third-order valence-corrected chi connectivity index (χ3v) is 11.1. The second kappa shape index (κ2) is 11.8. The first-order chi connectivity index (χ1) is 24.8. The van der Waals surface area contributed by atoms with Gasteiger partial charge in [0.15, 0.2) is 0 Å². The highest BCUT2D eigenvalue weighted by atomic mass is 32.2. The Bertz CT molecular complexity index is 2650. The van der Waals surface area contributed by atoms with Crippen molar-refractivity contribution in [2.24, 2.45) is 0 Å². The lowest BCUT2D eigenvalue weighted by Gasteiger charge is -2.33. The summed E-state index contributed by atoms with van der Waals surface area (Å²) in [7, 11) is 0. The van der Waals surface area contributed by atoms with Crippen LogP contribution in [0.4, 0.5) is 17.1 Å². The van der Waals surface area contributed by atoms with E-state index in [4.69, 9.17) is 0 Å². The number of para-hydroxylation sites is 2. The zero-order valence-electron chi connectivity index (χ0n) is 27.3. The van der Waals surface area contributed by atoms with Gasteiger partial charge in [-0.2, -0.15) is 0 Å². The van der Waals surface area contributed by atoms with Crippen LogP contribution in [0.2, 0.25) is 0 Å². The van der Waals surface area contributed by atoms with E-state index in [1.54, 1.807) is 0 Å². The summed E-state index contributed by atoms with van der Waals surface area (Å²) in [5.74, 6) is 0. The fourth-order valence-corrected chi connectivity index (χ4v) is 8.69. The largest absolute Gasteiger partial charge is 0.308 e. The Labute approximate surface area is 296 Å². The summed E-state index contributed by atoms with van der Waals surface area (Å²) in [6.07, 6.45) is 0. The molecule has 9 aromatic carbocycles. The first kappa shape index (κ1) is 28.9. The molecule has 0 aromatic heterocycles. The third kappa shape index (κ3) is 4.80.